The Morgan fingerprint density at radius 2 is 1.32 bits per heavy atom. The van der Waals surface area contributed by atoms with Gasteiger partial charge < -0.3 is 15.2 Å². The van der Waals surface area contributed by atoms with E-state index in [2.05, 4.69) is 0 Å². The Morgan fingerprint density at radius 3 is 1.93 bits per heavy atom. The summed E-state index contributed by atoms with van der Waals surface area (Å²) in [5.74, 6) is -1.10. The number of unbranched alkanes of at least 4 members (excludes halogenated alkanes) is 1. The van der Waals surface area contributed by atoms with Gasteiger partial charge in [-0.2, -0.15) is 13.2 Å². The molecular formula is C35H41N2O6S+. The van der Waals surface area contributed by atoms with Crippen LogP contribution in [0.5, 0.6) is 0 Å². The van der Waals surface area contributed by atoms with Crippen molar-refractivity contribution in [2.75, 3.05) is 13.1 Å². The molecule has 0 spiro atoms. The second-order valence-corrected chi connectivity index (χ2v) is 13.3. The quantitative estimate of drug-likeness (QED) is 0.0966. The number of esters is 1. The van der Waals surface area contributed by atoms with E-state index in [9.17, 15) is 9.59 Å². The van der Waals surface area contributed by atoms with Crippen molar-refractivity contribution in [3.05, 3.63) is 114 Å². The fourth-order valence-electron chi connectivity index (χ4n) is 5.46. The fourth-order valence-corrected chi connectivity index (χ4v) is 7.80. The van der Waals surface area contributed by atoms with Crippen molar-refractivity contribution in [1.29, 1.82) is 0 Å². The highest BCUT2D eigenvalue weighted by molar-refractivity contribution is 7.86. The minimum Gasteiger partial charge on any atom is -0.456 e. The molecule has 2 atom stereocenters. The van der Waals surface area contributed by atoms with Crippen LogP contribution in [0.4, 0.5) is 4.79 Å². The lowest BCUT2D eigenvalue weighted by Crippen LogP contribution is -2.66. The van der Waals surface area contributed by atoms with E-state index in [1.807, 2.05) is 80.6 Å². The highest BCUT2D eigenvalue weighted by Crippen LogP contribution is 2.37. The van der Waals surface area contributed by atoms with E-state index in [0.29, 0.717) is 35.7 Å². The lowest BCUT2D eigenvalue weighted by molar-refractivity contribution is -0.756. The molecule has 0 aliphatic heterocycles. The summed E-state index contributed by atoms with van der Waals surface area (Å²) in [6.45, 7) is 3.57. The molecular weight excluding hydrogens is 576 g/mol. The molecule has 1 amide bonds. The average Bonchev–Trinajstić information content (AvgIpc) is 3.04. The second kappa shape index (κ2) is 15.1. The van der Waals surface area contributed by atoms with Crippen LogP contribution >= 0.6 is 0 Å². The molecule has 0 radical (unpaired) electrons. The van der Waals surface area contributed by atoms with Crippen LogP contribution < -0.4 is 5.73 Å². The highest BCUT2D eigenvalue weighted by Gasteiger charge is 2.61. The number of sulfonamides is 1. The number of hydrogen-bond acceptors (Lipinski definition) is 7. The van der Waals surface area contributed by atoms with Gasteiger partial charge in [-0.15, -0.1) is 3.89 Å². The fraction of sp³-hybridized carbons (Fsp3) is 0.314. The Kier molecular flexibility index (Phi) is 11.3. The molecule has 0 aliphatic rings. The number of hydrogen-bond donors (Lipinski definition) is 1. The van der Waals surface area contributed by atoms with Gasteiger partial charge in [0.1, 0.15) is 24.7 Å². The number of nitrogens with zero attached hydrogens (tertiary/aromatic N) is 1. The van der Waals surface area contributed by atoms with Crippen LogP contribution in [0.25, 0.3) is 10.8 Å². The number of carbonyl (C=O) groups excluding carboxylic acids is 2. The van der Waals surface area contributed by atoms with Gasteiger partial charge in [-0.05, 0) is 42.0 Å². The number of fused-ring (bicyclic) bond motifs is 1. The molecule has 8 nitrogen and oxygen atoms in total. The third-order valence-electron chi connectivity index (χ3n) is 7.54. The summed E-state index contributed by atoms with van der Waals surface area (Å²) in [6.07, 6.45) is -0.0131. The second-order valence-electron chi connectivity index (χ2n) is 11.3. The molecule has 44 heavy (non-hydrogen) atoms. The van der Waals surface area contributed by atoms with Crippen LogP contribution in [-0.2, 0) is 37.5 Å². The summed E-state index contributed by atoms with van der Waals surface area (Å²) >= 11 is 0. The first-order chi connectivity index (χ1) is 21.2. The highest BCUT2D eigenvalue weighted by atomic mass is 32.2. The summed E-state index contributed by atoms with van der Waals surface area (Å²) in [5, 5.41) is 1.15. The molecule has 232 valence electrons. The van der Waals surface area contributed by atoms with Crippen molar-refractivity contribution in [1.82, 2.24) is 0 Å². The first-order valence-electron chi connectivity index (χ1n) is 14.9. The third-order valence-corrected chi connectivity index (χ3v) is 9.86. The van der Waals surface area contributed by atoms with Crippen LogP contribution in [0.3, 0.4) is 0 Å². The lowest BCUT2D eigenvalue weighted by Gasteiger charge is -2.39. The van der Waals surface area contributed by atoms with E-state index >= 15 is 8.42 Å². The minimum atomic E-state index is -4.62. The third kappa shape index (κ3) is 7.35. The van der Waals surface area contributed by atoms with E-state index in [1.165, 1.54) is 6.07 Å². The molecule has 9 heteroatoms. The maximum Gasteiger partial charge on any atom is 0.533 e. The number of quaternary nitrogens is 1. The zero-order valence-corrected chi connectivity index (χ0v) is 26.1. The van der Waals surface area contributed by atoms with Crippen LogP contribution in [0, 0.1) is 5.92 Å². The molecule has 0 saturated heterocycles. The molecule has 0 fully saturated rings. The molecule has 0 saturated carbocycles. The van der Waals surface area contributed by atoms with Gasteiger partial charge in [0.05, 0.1) is 0 Å². The van der Waals surface area contributed by atoms with E-state index in [4.69, 9.17) is 15.2 Å². The number of nitrogens with two attached hydrogens (primary N) is 1. The molecule has 0 heterocycles. The van der Waals surface area contributed by atoms with Crippen LogP contribution in [-0.4, -0.2) is 43.5 Å². The average molecular weight is 618 g/mol. The summed E-state index contributed by atoms with van der Waals surface area (Å²) < 4.78 is 40.7. The standard InChI is InChI=1S/C35H41N2O6S/c1-27(2)24-37(35(39)43-26-29-16-7-4-8-17-29,44(40,41)33-22-13-19-30-18-9-10-20-31(30)33)32(21-11-12-23-36)34(38)42-25-28-14-5-3-6-15-28/h3-10,13-20,22,27,32H,11-12,21,23-26,36H2,1-2H3/q+1/t32-,37?/m0/s1. The maximum absolute atomic E-state index is 15.1. The van der Waals surface area contributed by atoms with Crippen molar-refractivity contribution in [3.8, 4) is 0 Å². The topological polar surface area (TPSA) is 113 Å². The number of amides is 1. The maximum atomic E-state index is 15.1. The smallest absolute Gasteiger partial charge is 0.456 e. The van der Waals surface area contributed by atoms with E-state index in [-0.39, 0.29) is 37.0 Å². The Balaban J connectivity index is 1.90. The largest absolute Gasteiger partial charge is 0.533 e. The first-order valence-corrected chi connectivity index (χ1v) is 16.4. The summed E-state index contributed by atoms with van der Waals surface area (Å²) in [6, 6.07) is 28.8. The molecule has 4 aromatic carbocycles. The van der Waals surface area contributed by atoms with Crippen molar-refractivity contribution < 1.29 is 31.4 Å². The molecule has 2 N–H and O–H groups in total. The SMILES string of the molecule is CC(C)C[N+](C(=O)OCc1ccccc1)([C@@H](CCCCN)C(=O)OCc1ccccc1)S(=O)(=O)c1cccc2ccccc12. The monoisotopic (exact) mass is 617 g/mol. The number of carbonyl (C=O) groups is 2. The summed E-state index contributed by atoms with van der Waals surface area (Å²) in [5.41, 5.74) is 7.23. The van der Waals surface area contributed by atoms with Gasteiger partial charge in [-0.3, -0.25) is 0 Å². The first kappa shape index (κ1) is 32.9. The van der Waals surface area contributed by atoms with Crippen molar-refractivity contribution >= 4 is 32.9 Å². The number of rotatable bonds is 14. The van der Waals surface area contributed by atoms with Gasteiger partial charge in [-0.1, -0.05) is 111 Å². The molecule has 0 bridgehead atoms. The molecule has 1 unspecified atom stereocenters. The Labute approximate surface area is 260 Å². The zero-order chi connectivity index (χ0) is 31.6. The Morgan fingerprint density at radius 1 is 0.750 bits per heavy atom. The van der Waals surface area contributed by atoms with Gasteiger partial charge in [0.15, 0.2) is 0 Å². The van der Waals surface area contributed by atoms with E-state index in [1.54, 1.807) is 30.3 Å². The van der Waals surface area contributed by atoms with Gasteiger partial charge in [0.2, 0.25) is 6.04 Å². The molecule has 0 aromatic heterocycles. The van der Waals surface area contributed by atoms with Crippen molar-refractivity contribution in [2.45, 2.75) is 57.3 Å². The van der Waals surface area contributed by atoms with E-state index < -0.39 is 32.0 Å². The van der Waals surface area contributed by atoms with Gasteiger partial charge in [0.25, 0.3) is 0 Å². The predicted molar refractivity (Wildman–Crippen MR) is 171 cm³/mol. The predicted octanol–water partition coefficient (Wildman–Crippen LogP) is 6.58. The number of benzene rings is 4. The minimum absolute atomic E-state index is 0.0485. The summed E-state index contributed by atoms with van der Waals surface area (Å²) in [4.78, 5) is 28.6. The van der Waals surface area contributed by atoms with Crippen LogP contribution in [0.2, 0.25) is 0 Å². The number of ether oxygens (including phenoxy) is 2. The zero-order valence-electron chi connectivity index (χ0n) is 25.3. The lowest BCUT2D eigenvalue weighted by atomic mass is 10.1. The Hall–Kier alpha value is -4.05. The van der Waals surface area contributed by atoms with Crippen LogP contribution in [0.15, 0.2) is 108 Å². The van der Waals surface area contributed by atoms with Crippen LogP contribution in [0.1, 0.15) is 44.2 Å². The Bertz CT molecular complexity index is 1640. The summed E-state index contributed by atoms with van der Waals surface area (Å²) in [7, 11) is -4.62. The van der Waals surface area contributed by atoms with Gasteiger partial charge in [0, 0.05) is 17.7 Å². The molecule has 4 aromatic rings. The van der Waals surface area contributed by atoms with E-state index in [0.717, 1.165) is 5.56 Å². The molecule has 4 rings (SSSR count). The van der Waals surface area contributed by atoms with Gasteiger partial charge in [-0.25, -0.2) is 4.79 Å². The normalized spacial score (nSPS) is 13.7. The van der Waals surface area contributed by atoms with Crippen molar-refractivity contribution in [3.63, 3.8) is 0 Å². The molecule has 0 aliphatic carbocycles. The van der Waals surface area contributed by atoms with Gasteiger partial charge >= 0.3 is 22.1 Å². The van der Waals surface area contributed by atoms with Crippen molar-refractivity contribution in [2.24, 2.45) is 11.7 Å².